The molecule has 0 aliphatic heterocycles. The maximum Gasteiger partial charge on any atom is 0.273 e. The number of nitro benzene ring substituents is 1. The summed E-state index contributed by atoms with van der Waals surface area (Å²) in [6, 6.07) is 9.35. The molecule has 0 aliphatic rings. The van der Waals surface area contributed by atoms with Gasteiger partial charge in [-0.25, -0.2) is 0 Å². The lowest BCUT2D eigenvalue weighted by atomic mass is 10.3. The van der Waals surface area contributed by atoms with Crippen LogP contribution in [0.5, 0.6) is 5.75 Å². The molecule has 6 nitrogen and oxygen atoms in total. The van der Waals surface area contributed by atoms with Gasteiger partial charge < -0.3 is 9.64 Å². The topological polar surface area (TPSA) is 72.7 Å². The van der Waals surface area contributed by atoms with Gasteiger partial charge in [0.25, 0.3) is 11.6 Å². The molecule has 0 saturated carbocycles. The van der Waals surface area contributed by atoms with Crippen LogP contribution in [0.15, 0.2) is 49.1 Å². The molecule has 1 aromatic heterocycles. The first-order valence-electron chi connectivity index (χ1n) is 6.99. The number of ether oxygens (including phenoxy) is 1. The molecule has 1 heterocycles. The fourth-order valence-electron chi connectivity index (χ4n) is 1.96. The molecule has 0 fully saturated rings. The van der Waals surface area contributed by atoms with Crippen LogP contribution in [0.1, 0.15) is 4.88 Å². The molecule has 1 amide bonds. The van der Waals surface area contributed by atoms with Crippen molar-refractivity contribution in [3.05, 3.63) is 68.4 Å². The third kappa shape index (κ3) is 5.07. The molecule has 24 heavy (non-hydrogen) atoms. The van der Waals surface area contributed by atoms with Gasteiger partial charge in [-0.2, -0.15) is 0 Å². The molecule has 126 valence electrons. The van der Waals surface area contributed by atoms with Crippen molar-refractivity contribution in [2.75, 3.05) is 13.2 Å². The highest BCUT2D eigenvalue weighted by Gasteiger charge is 2.15. The van der Waals surface area contributed by atoms with E-state index in [-0.39, 0.29) is 24.0 Å². The molecule has 0 spiro atoms. The third-order valence-electron chi connectivity index (χ3n) is 3.07. The Morgan fingerprint density at radius 3 is 2.83 bits per heavy atom. The molecular weight excluding hydrogens is 352 g/mol. The number of amides is 1. The van der Waals surface area contributed by atoms with E-state index in [0.717, 1.165) is 4.88 Å². The van der Waals surface area contributed by atoms with Crippen molar-refractivity contribution in [1.29, 1.82) is 0 Å². The predicted octanol–water partition coefficient (Wildman–Crippen LogP) is 3.90. The normalized spacial score (nSPS) is 10.2. The number of non-ortho nitro benzene ring substituents is 1. The number of benzene rings is 1. The van der Waals surface area contributed by atoms with Crippen molar-refractivity contribution in [2.45, 2.75) is 6.54 Å². The molecule has 1 aromatic carbocycles. The molecule has 0 unspecified atom stereocenters. The molecule has 2 rings (SSSR count). The van der Waals surface area contributed by atoms with Crippen molar-refractivity contribution in [1.82, 2.24) is 4.90 Å². The van der Waals surface area contributed by atoms with Crippen LogP contribution in [0, 0.1) is 10.1 Å². The van der Waals surface area contributed by atoms with E-state index >= 15 is 0 Å². The molecule has 0 N–H and O–H groups in total. The Labute approximate surface area is 148 Å². The van der Waals surface area contributed by atoms with Crippen molar-refractivity contribution in [2.24, 2.45) is 0 Å². The van der Waals surface area contributed by atoms with Crippen LogP contribution in [0.3, 0.4) is 0 Å². The van der Waals surface area contributed by atoms with Gasteiger partial charge in [0.1, 0.15) is 5.75 Å². The van der Waals surface area contributed by atoms with E-state index in [4.69, 9.17) is 16.3 Å². The van der Waals surface area contributed by atoms with Gasteiger partial charge in [0.2, 0.25) is 0 Å². The summed E-state index contributed by atoms with van der Waals surface area (Å²) >= 11 is 7.30. The average molecular weight is 367 g/mol. The zero-order valence-electron chi connectivity index (χ0n) is 12.7. The molecule has 8 heteroatoms. The van der Waals surface area contributed by atoms with Crippen LogP contribution in [0.25, 0.3) is 0 Å². The first kappa shape index (κ1) is 18.0. The van der Waals surface area contributed by atoms with Gasteiger partial charge in [-0.15, -0.1) is 17.9 Å². The van der Waals surface area contributed by atoms with E-state index in [1.807, 2.05) is 6.07 Å². The quantitative estimate of drug-likeness (QED) is 0.403. The van der Waals surface area contributed by atoms with E-state index in [1.165, 1.54) is 29.5 Å². The zero-order chi connectivity index (χ0) is 17.5. The van der Waals surface area contributed by atoms with Crippen molar-refractivity contribution < 1.29 is 14.5 Å². The number of hydrogen-bond acceptors (Lipinski definition) is 5. The van der Waals surface area contributed by atoms with Gasteiger partial charge in [-0.05, 0) is 18.2 Å². The van der Waals surface area contributed by atoms with Crippen LogP contribution >= 0.6 is 22.9 Å². The van der Waals surface area contributed by atoms with E-state index < -0.39 is 4.92 Å². The summed E-state index contributed by atoms with van der Waals surface area (Å²) in [7, 11) is 0. The lowest BCUT2D eigenvalue weighted by Gasteiger charge is -2.20. The van der Waals surface area contributed by atoms with Crippen LogP contribution < -0.4 is 4.74 Å². The van der Waals surface area contributed by atoms with Gasteiger partial charge in [-0.1, -0.05) is 23.7 Å². The summed E-state index contributed by atoms with van der Waals surface area (Å²) in [6.07, 6.45) is 1.63. The number of carbonyl (C=O) groups excluding carboxylic acids is 1. The first-order chi connectivity index (χ1) is 11.5. The highest BCUT2D eigenvalue weighted by Crippen LogP contribution is 2.23. The summed E-state index contributed by atoms with van der Waals surface area (Å²) < 4.78 is 6.03. The van der Waals surface area contributed by atoms with E-state index in [2.05, 4.69) is 6.58 Å². The van der Waals surface area contributed by atoms with E-state index in [0.29, 0.717) is 17.4 Å². The minimum Gasteiger partial charge on any atom is -0.484 e. The van der Waals surface area contributed by atoms with E-state index in [9.17, 15) is 14.9 Å². The predicted molar refractivity (Wildman–Crippen MR) is 93.5 cm³/mol. The van der Waals surface area contributed by atoms with Gasteiger partial charge in [0.15, 0.2) is 6.61 Å². The van der Waals surface area contributed by atoms with Crippen LogP contribution in [-0.4, -0.2) is 28.9 Å². The molecule has 0 radical (unpaired) electrons. The number of rotatable bonds is 8. The second-order valence-electron chi connectivity index (χ2n) is 4.81. The molecule has 0 aliphatic carbocycles. The Bertz CT molecular complexity index is 747. The largest absolute Gasteiger partial charge is 0.484 e. The lowest BCUT2D eigenvalue weighted by Crippen LogP contribution is -2.34. The smallest absolute Gasteiger partial charge is 0.273 e. The fraction of sp³-hybridized carbons (Fsp3) is 0.188. The Morgan fingerprint density at radius 2 is 2.21 bits per heavy atom. The Kier molecular flexibility index (Phi) is 6.34. The second-order valence-corrected chi connectivity index (χ2v) is 6.61. The van der Waals surface area contributed by atoms with Gasteiger partial charge >= 0.3 is 0 Å². The zero-order valence-corrected chi connectivity index (χ0v) is 14.3. The Morgan fingerprint density at radius 1 is 1.42 bits per heavy atom. The van der Waals surface area contributed by atoms with Crippen molar-refractivity contribution >= 4 is 34.5 Å². The number of halogens is 1. The number of hydrogen-bond donors (Lipinski definition) is 0. The second kappa shape index (κ2) is 8.47. The lowest BCUT2D eigenvalue weighted by molar-refractivity contribution is -0.384. The highest BCUT2D eigenvalue weighted by molar-refractivity contribution is 7.16. The summed E-state index contributed by atoms with van der Waals surface area (Å²) in [5.41, 5.74) is -0.0869. The number of nitrogens with zero attached hydrogens (tertiary/aromatic N) is 2. The highest BCUT2D eigenvalue weighted by atomic mass is 35.5. The molecular formula is C16H15ClN2O4S. The maximum absolute atomic E-state index is 12.3. The maximum atomic E-state index is 12.3. The molecule has 0 bridgehead atoms. The van der Waals surface area contributed by atoms with Gasteiger partial charge in [-0.3, -0.25) is 14.9 Å². The number of carbonyl (C=O) groups is 1. The number of thiophene rings is 1. The Hall–Kier alpha value is -2.38. The molecule has 0 saturated heterocycles. The van der Waals surface area contributed by atoms with Gasteiger partial charge in [0, 0.05) is 17.5 Å². The third-order valence-corrected chi connectivity index (χ3v) is 4.28. The SMILES string of the molecule is C=CCN(Cc1ccc(Cl)s1)C(=O)COc1cccc([N+](=O)[O-])c1. The summed E-state index contributed by atoms with van der Waals surface area (Å²) in [6.45, 7) is 4.20. The van der Waals surface area contributed by atoms with E-state index in [1.54, 1.807) is 23.1 Å². The first-order valence-corrected chi connectivity index (χ1v) is 8.19. The molecule has 2 aromatic rings. The van der Waals surface area contributed by atoms with Crippen LogP contribution in [0.4, 0.5) is 5.69 Å². The summed E-state index contributed by atoms with van der Waals surface area (Å²) in [5.74, 6) is 0.0289. The van der Waals surface area contributed by atoms with Crippen molar-refractivity contribution in [3.63, 3.8) is 0 Å². The summed E-state index contributed by atoms with van der Waals surface area (Å²) in [4.78, 5) is 25.1. The summed E-state index contributed by atoms with van der Waals surface area (Å²) in [5, 5.41) is 10.7. The molecule has 0 atom stereocenters. The van der Waals surface area contributed by atoms with Crippen LogP contribution in [0.2, 0.25) is 4.34 Å². The monoisotopic (exact) mass is 366 g/mol. The minimum absolute atomic E-state index is 0.0869. The number of nitro groups is 1. The van der Waals surface area contributed by atoms with Gasteiger partial charge in [0.05, 0.1) is 21.9 Å². The standard InChI is InChI=1S/C16H15ClN2O4S/c1-2-8-18(10-14-6-7-15(17)24-14)16(20)11-23-13-5-3-4-12(9-13)19(21)22/h2-7,9H,1,8,10-11H2. The minimum atomic E-state index is -0.515. The van der Waals surface area contributed by atoms with Crippen LogP contribution in [-0.2, 0) is 11.3 Å². The van der Waals surface area contributed by atoms with Crippen molar-refractivity contribution in [3.8, 4) is 5.75 Å². The average Bonchev–Trinajstić information content (AvgIpc) is 2.97. The fourth-order valence-corrected chi connectivity index (χ4v) is 3.06. The Balaban J connectivity index is 1.98.